The topological polar surface area (TPSA) is 73.6 Å². The van der Waals surface area contributed by atoms with E-state index in [0.717, 1.165) is 53.5 Å². The molecule has 1 aromatic carbocycles. The monoisotopic (exact) mass is 350 g/mol. The first-order chi connectivity index (χ1) is 12.3. The number of aromatic nitrogens is 3. The fourth-order valence-corrected chi connectivity index (χ4v) is 4.68. The first kappa shape index (κ1) is 14.9. The molecule has 5 nitrogen and oxygen atoms in total. The van der Waals surface area contributed by atoms with Gasteiger partial charge in [-0.15, -0.1) is 11.3 Å². The smallest absolute Gasteiger partial charge is 0.272 e. The second kappa shape index (κ2) is 5.82. The van der Waals surface area contributed by atoms with Crippen LogP contribution in [0.15, 0.2) is 40.6 Å². The molecule has 0 spiro atoms. The maximum absolute atomic E-state index is 12.1. The highest BCUT2D eigenvalue weighted by Crippen LogP contribution is 2.32. The number of benzene rings is 1. The van der Waals surface area contributed by atoms with Gasteiger partial charge in [0.25, 0.3) is 5.56 Å². The van der Waals surface area contributed by atoms with Gasteiger partial charge in [-0.3, -0.25) is 4.79 Å². The van der Waals surface area contributed by atoms with Crippen molar-refractivity contribution in [2.45, 2.75) is 18.8 Å². The van der Waals surface area contributed by atoms with E-state index in [1.54, 1.807) is 11.3 Å². The second-order valence-electron chi connectivity index (χ2n) is 6.58. The Morgan fingerprint density at radius 2 is 2.00 bits per heavy atom. The Hall–Kier alpha value is -2.44. The first-order valence-corrected chi connectivity index (χ1v) is 9.47. The van der Waals surface area contributed by atoms with Crippen molar-refractivity contribution in [1.29, 1.82) is 0 Å². The molecule has 1 aliphatic rings. The molecule has 0 bridgehead atoms. The highest BCUT2D eigenvalue weighted by Gasteiger charge is 2.19. The van der Waals surface area contributed by atoms with E-state index in [-0.39, 0.29) is 5.56 Å². The molecule has 1 fully saturated rings. The van der Waals surface area contributed by atoms with Crippen LogP contribution in [0.2, 0.25) is 0 Å². The molecule has 1 saturated heterocycles. The van der Waals surface area contributed by atoms with Gasteiger partial charge >= 0.3 is 0 Å². The number of fused-ring (bicyclic) bond motifs is 3. The summed E-state index contributed by atoms with van der Waals surface area (Å²) in [6.07, 6.45) is 4.13. The Bertz CT molecular complexity index is 1120. The summed E-state index contributed by atoms with van der Waals surface area (Å²) in [6.45, 7) is 2.16. The quantitative estimate of drug-likeness (QED) is 0.517. The first-order valence-electron chi connectivity index (χ1n) is 8.59. The number of pyridine rings is 1. The molecule has 25 heavy (non-hydrogen) atoms. The SMILES string of the molecule is O=c1[nH]c2ccc(-c3csc(C4CCNCC4)n3)cc2c2cc[nH]c12. The Morgan fingerprint density at radius 1 is 1.12 bits per heavy atom. The maximum Gasteiger partial charge on any atom is 0.272 e. The molecule has 1 aliphatic heterocycles. The highest BCUT2D eigenvalue weighted by atomic mass is 32.1. The molecule has 0 radical (unpaired) electrons. The Labute approximate surface area is 148 Å². The van der Waals surface area contributed by atoms with Gasteiger partial charge in [0.05, 0.1) is 10.7 Å². The Kier molecular flexibility index (Phi) is 3.46. The van der Waals surface area contributed by atoms with Crippen LogP contribution in [0, 0.1) is 0 Å². The summed E-state index contributed by atoms with van der Waals surface area (Å²) in [6, 6.07) is 8.10. The standard InChI is InChI=1S/C19H18N4OS/c24-18-17-13(5-8-21-17)14-9-12(1-2-15(14)22-18)16-10-25-19(23-16)11-3-6-20-7-4-11/h1-2,5,8-11,20-21H,3-4,6-7H2,(H,22,24). The Morgan fingerprint density at radius 3 is 2.88 bits per heavy atom. The molecule has 3 N–H and O–H groups in total. The van der Waals surface area contributed by atoms with Crippen LogP contribution >= 0.6 is 11.3 Å². The van der Waals surface area contributed by atoms with E-state index in [1.807, 2.05) is 24.4 Å². The van der Waals surface area contributed by atoms with Crippen molar-refractivity contribution in [3.8, 4) is 11.3 Å². The number of rotatable bonds is 2. The number of piperidine rings is 1. The van der Waals surface area contributed by atoms with Gasteiger partial charge in [0.2, 0.25) is 0 Å². The van der Waals surface area contributed by atoms with Crippen molar-refractivity contribution in [3.05, 3.63) is 51.2 Å². The third-order valence-corrected chi connectivity index (χ3v) is 6.05. The fourth-order valence-electron chi connectivity index (χ4n) is 3.68. The number of hydrogen-bond acceptors (Lipinski definition) is 4. The molecule has 126 valence electrons. The van der Waals surface area contributed by atoms with Crippen LogP contribution in [0.25, 0.3) is 33.1 Å². The van der Waals surface area contributed by atoms with Gasteiger partial charge in [0.1, 0.15) is 5.52 Å². The van der Waals surface area contributed by atoms with Crippen molar-refractivity contribution < 1.29 is 0 Å². The molecule has 0 unspecified atom stereocenters. The van der Waals surface area contributed by atoms with Crippen LogP contribution in [0.1, 0.15) is 23.8 Å². The average molecular weight is 350 g/mol. The van der Waals surface area contributed by atoms with E-state index in [4.69, 9.17) is 4.98 Å². The van der Waals surface area contributed by atoms with E-state index in [2.05, 4.69) is 26.7 Å². The van der Waals surface area contributed by atoms with Gasteiger partial charge in [-0.25, -0.2) is 4.98 Å². The van der Waals surface area contributed by atoms with Crippen LogP contribution in [0.3, 0.4) is 0 Å². The number of aromatic amines is 2. The van der Waals surface area contributed by atoms with Gasteiger partial charge < -0.3 is 15.3 Å². The molecule has 6 heteroatoms. The molecule has 0 atom stereocenters. The third-order valence-electron chi connectivity index (χ3n) is 5.04. The van der Waals surface area contributed by atoms with Crippen molar-refractivity contribution in [3.63, 3.8) is 0 Å². The van der Waals surface area contributed by atoms with Gasteiger partial charge in [-0.05, 0) is 44.1 Å². The minimum absolute atomic E-state index is 0.0814. The molecule has 4 aromatic rings. The summed E-state index contributed by atoms with van der Waals surface area (Å²) in [5.41, 5.74) is 3.52. The van der Waals surface area contributed by atoms with Crippen LogP contribution in [0.4, 0.5) is 0 Å². The van der Waals surface area contributed by atoms with Gasteiger partial charge in [0.15, 0.2) is 0 Å². The van der Waals surface area contributed by atoms with Crippen molar-refractivity contribution >= 4 is 33.1 Å². The highest BCUT2D eigenvalue weighted by molar-refractivity contribution is 7.10. The van der Waals surface area contributed by atoms with E-state index in [0.29, 0.717) is 11.4 Å². The summed E-state index contributed by atoms with van der Waals surface area (Å²) in [5.74, 6) is 0.577. The van der Waals surface area contributed by atoms with Crippen LogP contribution < -0.4 is 10.9 Å². The lowest BCUT2D eigenvalue weighted by Gasteiger charge is -2.20. The maximum atomic E-state index is 12.1. The lowest BCUT2D eigenvalue weighted by Crippen LogP contribution is -2.26. The van der Waals surface area contributed by atoms with E-state index < -0.39 is 0 Å². The predicted octanol–water partition coefficient (Wildman–Crippen LogP) is 3.60. The molecular weight excluding hydrogens is 332 g/mol. The fraction of sp³-hybridized carbons (Fsp3) is 0.263. The minimum Gasteiger partial charge on any atom is -0.357 e. The van der Waals surface area contributed by atoms with Gasteiger partial charge in [0, 0.05) is 39.3 Å². The van der Waals surface area contributed by atoms with Gasteiger partial charge in [-0.2, -0.15) is 0 Å². The molecule has 5 rings (SSSR count). The summed E-state index contributed by atoms with van der Waals surface area (Å²) in [7, 11) is 0. The van der Waals surface area contributed by atoms with Crippen molar-refractivity contribution in [2.24, 2.45) is 0 Å². The zero-order valence-corrected chi connectivity index (χ0v) is 14.5. The van der Waals surface area contributed by atoms with Crippen molar-refractivity contribution in [1.82, 2.24) is 20.3 Å². The number of H-pyrrole nitrogens is 2. The summed E-state index contributed by atoms with van der Waals surface area (Å²) in [4.78, 5) is 23.0. The molecule has 0 saturated carbocycles. The third kappa shape index (κ3) is 2.49. The lowest BCUT2D eigenvalue weighted by atomic mass is 9.99. The van der Waals surface area contributed by atoms with E-state index in [1.165, 1.54) is 5.01 Å². The average Bonchev–Trinajstić information content (AvgIpc) is 3.33. The van der Waals surface area contributed by atoms with Crippen molar-refractivity contribution in [2.75, 3.05) is 13.1 Å². The summed E-state index contributed by atoms with van der Waals surface area (Å²) < 4.78 is 0. The van der Waals surface area contributed by atoms with Gasteiger partial charge in [-0.1, -0.05) is 6.07 Å². The molecule has 0 aliphatic carbocycles. The summed E-state index contributed by atoms with van der Waals surface area (Å²) in [5, 5.41) is 8.80. The van der Waals surface area contributed by atoms with Crippen LogP contribution in [-0.2, 0) is 0 Å². The number of nitrogens with zero attached hydrogens (tertiary/aromatic N) is 1. The molecule has 4 heterocycles. The minimum atomic E-state index is -0.0814. The number of hydrogen-bond donors (Lipinski definition) is 3. The predicted molar refractivity (Wildman–Crippen MR) is 102 cm³/mol. The normalized spacial score (nSPS) is 16.0. The second-order valence-corrected chi connectivity index (χ2v) is 7.47. The number of thiazole rings is 1. The molecule has 0 amide bonds. The summed E-state index contributed by atoms with van der Waals surface area (Å²) >= 11 is 1.76. The zero-order chi connectivity index (χ0) is 16.8. The largest absolute Gasteiger partial charge is 0.357 e. The van der Waals surface area contributed by atoms with Crippen LogP contribution in [-0.4, -0.2) is 28.0 Å². The van der Waals surface area contributed by atoms with Crippen LogP contribution in [0.5, 0.6) is 0 Å². The number of nitrogens with one attached hydrogen (secondary N) is 3. The van der Waals surface area contributed by atoms with E-state index >= 15 is 0 Å². The molecular formula is C19H18N4OS. The Balaban J connectivity index is 1.60. The lowest BCUT2D eigenvalue weighted by molar-refractivity contribution is 0.459. The molecule has 3 aromatic heterocycles. The van der Waals surface area contributed by atoms with E-state index in [9.17, 15) is 4.79 Å². The zero-order valence-electron chi connectivity index (χ0n) is 13.6.